The summed E-state index contributed by atoms with van der Waals surface area (Å²) in [6, 6.07) is 10.5. The molecular formula is C21H16ClN3O4. The monoisotopic (exact) mass is 409 g/mol. The molecule has 8 heteroatoms. The van der Waals surface area contributed by atoms with Crippen LogP contribution in [0.15, 0.2) is 48.7 Å². The maximum absolute atomic E-state index is 12.3. The van der Waals surface area contributed by atoms with Gasteiger partial charge < -0.3 is 9.64 Å². The van der Waals surface area contributed by atoms with E-state index in [0.29, 0.717) is 16.9 Å². The van der Waals surface area contributed by atoms with Crippen molar-refractivity contribution in [1.29, 1.82) is 0 Å². The Morgan fingerprint density at radius 3 is 2.93 bits per heavy atom. The molecular weight excluding hydrogens is 394 g/mol. The van der Waals surface area contributed by atoms with Gasteiger partial charge in [0.1, 0.15) is 5.65 Å². The van der Waals surface area contributed by atoms with Gasteiger partial charge in [0.05, 0.1) is 12.1 Å². The van der Waals surface area contributed by atoms with Gasteiger partial charge in [0, 0.05) is 30.6 Å². The van der Waals surface area contributed by atoms with Gasteiger partial charge in [-0.2, -0.15) is 0 Å². The van der Waals surface area contributed by atoms with Crippen LogP contribution in [0, 0.1) is 0 Å². The lowest BCUT2D eigenvalue weighted by Gasteiger charge is -2.10. The second-order valence-corrected chi connectivity index (χ2v) is 6.91. The highest BCUT2D eigenvalue weighted by atomic mass is 35.5. The predicted molar refractivity (Wildman–Crippen MR) is 108 cm³/mol. The SMILES string of the molecule is CN1C(=O)Cc2cc(C(=O)COC(=O)/C=C/c3c(Cl)nc4ccccn34)ccc21. The van der Waals surface area contributed by atoms with Gasteiger partial charge in [-0.15, -0.1) is 0 Å². The predicted octanol–water partition coefficient (Wildman–Crippen LogP) is 2.95. The summed E-state index contributed by atoms with van der Waals surface area (Å²) in [5.41, 5.74) is 3.17. The molecule has 0 fully saturated rings. The number of Topliss-reactive ketones (excluding diaryl/α,β-unsaturated/α-hetero) is 1. The molecule has 3 aromatic rings. The maximum atomic E-state index is 12.3. The number of nitrogens with zero attached hydrogens (tertiary/aromatic N) is 3. The smallest absolute Gasteiger partial charge is 0.331 e. The van der Waals surface area contributed by atoms with Crippen LogP contribution in [0.4, 0.5) is 5.69 Å². The molecule has 0 saturated heterocycles. The first kappa shape index (κ1) is 18.9. The number of fused-ring (bicyclic) bond motifs is 2. The van der Waals surface area contributed by atoms with E-state index in [2.05, 4.69) is 4.98 Å². The molecule has 29 heavy (non-hydrogen) atoms. The van der Waals surface area contributed by atoms with Gasteiger partial charge in [-0.05, 0) is 42.0 Å². The summed E-state index contributed by atoms with van der Waals surface area (Å²) in [6.07, 6.45) is 4.73. The van der Waals surface area contributed by atoms with Crippen molar-refractivity contribution in [2.24, 2.45) is 0 Å². The van der Waals surface area contributed by atoms with Gasteiger partial charge in [-0.3, -0.25) is 14.0 Å². The van der Waals surface area contributed by atoms with E-state index in [0.717, 1.165) is 11.3 Å². The number of halogens is 1. The van der Waals surface area contributed by atoms with Crippen LogP contribution in [0.3, 0.4) is 0 Å². The molecule has 1 aliphatic rings. The molecule has 0 atom stereocenters. The van der Waals surface area contributed by atoms with Gasteiger partial charge in [-0.1, -0.05) is 17.7 Å². The van der Waals surface area contributed by atoms with E-state index in [4.69, 9.17) is 16.3 Å². The number of benzene rings is 1. The van der Waals surface area contributed by atoms with E-state index >= 15 is 0 Å². The average molecular weight is 410 g/mol. The fourth-order valence-electron chi connectivity index (χ4n) is 3.19. The molecule has 3 heterocycles. The van der Waals surface area contributed by atoms with E-state index in [-0.39, 0.29) is 23.3 Å². The van der Waals surface area contributed by atoms with E-state index in [1.807, 2.05) is 12.1 Å². The molecule has 7 nitrogen and oxygen atoms in total. The van der Waals surface area contributed by atoms with Crippen molar-refractivity contribution in [1.82, 2.24) is 9.38 Å². The first-order valence-electron chi connectivity index (χ1n) is 8.84. The van der Waals surface area contributed by atoms with Crippen LogP contribution in [-0.4, -0.2) is 40.7 Å². The van der Waals surface area contributed by atoms with Crippen LogP contribution in [0.25, 0.3) is 11.7 Å². The van der Waals surface area contributed by atoms with Crippen molar-refractivity contribution in [2.75, 3.05) is 18.6 Å². The van der Waals surface area contributed by atoms with Crippen molar-refractivity contribution < 1.29 is 19.1 Å². The molecule has 0 bridgehead atoms. The summed E-state index contributed by atoms with van der Waals surface area (Å²) in [4.78, 5) is 41.8. The minimum atomic E-state index is -0.670. The van der Waals surface area contributed by atoms with Crippen LogP contribution in [0.1, 0.15) is 21.6 Å². The van der Waals surface area contributed by atoms with Gasteiger partial charge in [0.25, 0.3) is 0 Å². The molecule has 0 aliphatic carbocycles. The second kappa shape index (κ2) is 7.52. The summed E-state index contributed by atoms with van der Waals surface area (Å²) >= 11 is 6.11. The van der Waals surface area contributed by atoms with Crippen LogP contribution in [0.5, 0.6) is 0 Å². The Kier molecular flexibility index (Phi) is 4.90. The molecule has 0 N–H and O–H groups in total. The molecule has 4 rings (SSSR count). The molecule has 146 valence electrons. The standard InChI is InChI=1S/C21H16ClN3O4/c1-24-15-6-5-13(10-14(15)11-19(24)27)17(26)12-29-20(28)8-7-16-21(22)23-18-4-2-3-9-25(16)18/h2-10H,11-12H2,1H3/b8-7+. The minimum absolute atomic E-state index is 0.0211. The summed E-state index contributed by atoms with van der Waals surface area (Å²) < 4.78 is 6.78. The number of aromatic nitrogens is 2. The number of carbonyl (C=O) groups is 3. The molecule has 0 unspecified atom stereocenters. The summed E-state index contributed by atoms with van der Waals surface area (Å²) in [5.74, 6) is -1.03. The number of likely N-dealkylation sites (N-methyl/N-ethyl adjacent to an activating group) is 1. The molecule has 2 aromatic heterocycles. The Labute approximate surface area is 171 Å². The third-order valence-corrected chi connectivity index (χ3v) is 5.00. The van der Waals surface area contributed by atoms with E-state index in [1.165, 1.54) is 12.2 Å². The quantitative estimate of drug-likeness (QED) is 0.367. The fraction of sp³-hybridized carbons (Fsp3) is 0.143. The van der Waals surface area contributed by atoms with Gasteiger partial charge >= 0.3 is 5.97 Å². The lowest BCUT2D eigenvalue weighted by Crippen LogP contribution is -2.20. The van der Waals surface area contributed by atoms with Gasteiger partial charge in [0.2, 0.25) is 5.91 Å². The average Bonchev–Trinajstić information content (AvgIpc) is 3.19. The van der Waals surface area contributed by atoms with Crippen molar-refractivity contribution in [3.05, 3.63) is 70.6 Å². The molecule has 1 amide bonds. The maximum Gasteiger partial charge on any atom is 0.331 e. The number of hydrogen-bond acceptors (Lipinski definition) is 5. The highest BCUT2D eigenvalue weighted by molar-refractivity contribution is 6.31. The molecule has 1 aromatic carbocycles. The number of pyridine rings is 1. The number of ketones is 1. The molecule has 0 radical (unpaired) electrons. The van der Waals surface area contributed by atoms with Crippen molar-refractivity contribution in [3.63, 3.8) is 0 Å². The largest absolute Gasteiger partial charge is 0.454 e. The van der Waals surface area contributed by atoms with E-state index in [9.17, 15) is 14.4 Å². The summed E-state index contributed by atoms with van der Waals surface area (Å²) in [7, 11) is 1.69. The normalized spacial score (nSPS) is 13.3. The fourth-order valence-corrected chi connectivity index (χ4v) is 3.43. The Morgan fingerprint density at radius 2 is 2.10 bits per heavy atom. The van der Waals surface area contributed by atoms with Crippen molar-refractivity contribution in [2.45, 2.75) is 6.42 Å². The molecule has 0 saturated carbocycles. The Balaban J connectivity index is 1.40. The number of hydrogen-bond donors (Lipinski definition) is 0. The van der Waals surface area contributed by atoms with E-state index in [1.54, 1.807) is 46.8 Å². The number of esters is 1. The first-order chi connectivity index (χ1) is 13.9. The zero-order valence-corrected chi connectivity index (χ0v) is 16.2. The summed E-state index contributed by atoms with van der Waals surface area (Å²) in [6.45, 7) is -0.396. The highest BCUT2D eigenvalue weighted by Crippen LogP contribution is 2.28. The number of carbonyl (C=O) groups excluding carboxylic acids is 3. The number of amides is 1. The third-order valence-electron chi connectivity index (χ3n) is 4.72. The molecule has 0 spiro atoms. The highest BCUT2D eigenvalue weighted by Gasteiger charge is 2.24. The number of rotatable bonds is 5. The Morgan fingerprint density at radius 1 is 1.28 bits per heavy atom. The minimum Gasteiger partial charge on any atom is -0.454 e. The first-order valence-corrected chi connectivity index (χ1v) is 9.22. The van der Waals surface area contributed by atoms with Crippen LogP contribution >= 0.6 is 11.6 Å². The second-order valence-electron chi connectivity index (χ2n) is 6.55. The topological polar surface area (TPSA) is 81.0 Å². The zero-order valence-electron chi connectivity index (χ0n) is 15.5. The Hall–Kier alpha value is -3.45. The number of ether oxygens (including phenoxy) is 1. The van der Waals surface area contributed by atoms with Crippen molar-refractivity contribution in [3.8, 4) is 0 Å². The lowest BCUT2D eigenvalue weighted by atomic mass is 10.1. The van der Waals surface area contributed by atoms with Crippen LogP contribution in [0.2, 0.25) is 5.15 Å². The van der Waals surface area contributed by atoms with Crippen molar-refractivity contribution >= 4 is 46.7 Å². The summed E-state index contributed by atoms with van der Waals surface area (Å²) in [5, 5.41) is 0.258. The third kappa shape index (κ3) is 3.64. The number of imidazole rings is 1. The lowest BCUT2D eigenvalue weighted by molar-refractivity contribution is -0.136. The van der Waals surface area contributed by atoms with E-state index < -0.39 is 12.6 Å². The van der Waals surface area contributed by atoms with Crippen LogP contribution in [-0.2, 0) is 20.7 Å². The Bertz CT molecular complexity index is 1180. The zero-order chi connectivity index (χ0) is 20.5. The van der Waals surface area contributed by atoms with Gasteiger partial charge in [0.15, 0.2) is 17.5 Å². The van der Waals surface area contributed by atoms with Crippen LogP contribution < -0.4 is 4.90 Å². The molecule has 1 aliphatic heterocycles. The number of anilines is 1. The van der Waals surface area contributed by atoms with Gasteiger partial charge in [-0.25, -0.2) is 9.78 Å².